The second kappa shape index (κ2) is 12.7. The van der Waals surface area contributed by atoms with Crippen molar-refractivity contribution in [3.8, 4) is 0 Å². The lowest BCUT2D eigenvalue weighted by atomic mass is 10.1. The van der Waals surface area contributed by atoms with E-state index in [1.54, 1.807) is 0 Å². The molecule has 3 heterocycles. The number of rotatable bonds is 10. The van der Waals surface area contributed by atoms with Gasteiger partial charge in [0.2, 0.25) is 0 Å². The molecule has 0 aromatic carbocycles. The van der Waals surface area contributed by atoms with Crippen LogP contribution in [0.25, 0.3) is 0 Å². The molecule has 0 radical (unpaired) electrons. The van der Waals surface area contributed by atoms with Gasteiger partial charge in [0.15, 0.2) is 5.96 Å². The van der Waals surface area contributed by atoms with Crippen molar-refractivity contribution in [2.24, 2.45) is 10.9 Å². The number of nitrogens with one attached hydrogen (secondary N) is 2. The second-order valence-corrected chi connectivity index (χ2v) is 8.06. The van der Waals surface area contributed by atoms with E-state index in [2.05, 4.69) is 45.5 Å². The molecule has 0 amide bonds. The van der Waals surface area contributed by atoms with Gasteiger partial charge in [-0.2, -0.15) is 0 Å². The molecule has 8 heteroatoms. The van der Waals surface area contributed by atoms with Gasteiger partial charge in [-0.1, -0.05) is 6.07 Å². The van der Waals surface area contributed by atoms with Crippen molar-refractivity contribution in [3.05, 3.63) is 23.9 Å². The van der Waals surface area contributed by atoms with Crippen LogP contribution >= 0.6 is 0 Å². The SMILES string of the molecule is CCNC(=NCc1cccnc1N1CCN(C)CC1)NCCCOCC1CCOC1. The van der Waals surface area contributed by atoms with E-state index in [-0.39, 0.29) is 0 Å². The van der Waals surface area contributed by atoms with E-state index < -0.39 is 0 Å². The molecule has 8 nitrogen and oxygen atoms in total. The minimum absolute atomic E-state index is 0.575. The first-order chi connectivity index (χ1) is 14.8. The van der Waals surface area contributed by atoms with E-state index in [0.717, 1.165) is 90.3 Å². The Morgan fingerprint density at radius 1 is 1.30 bits per heavy atom. The molecular formula is C22H38N6O2. The molecule has 2 N–H and O–H groups in total. The van der Waals surface area contributed by atoms with Gasteiger partial charge >= 0.3 is 0 Å². The van der Waals surface area contributed by atoms with Crippen LogP contribution in [0.2, 0.25) is 0 Å². The maximum absolute atomic E-state index is 5.78. The summed E-state index contributed by atoms with van der Waals surface area (Å²) in [6.45, 7) is 11.8. The molecule has 0 aliphatic carbocycles. The van der Waals surface area contributed by atoms with E-state index >= 15 is 0 Å². The van der Waals surface area contributed by atoms with Crippen LogP contribution in [0.4, 0.5) is 5.82 Å². The Labute approximate surface area is 181 Å². The lowest BCUT2D eigenvalue weighted by Gasteiger charge is -2.34. The van der Waals surface area contributed by atoms with Crippen LogP contribution in [0.15, 0.2) is 23.3 Å². The van der Waals surface area contributed by atoms with Crippen LogP contribution in [0.5, 0.6) is 0 Å². The molecule has 1 aromatic heterocycles. The highest BCUT2D eigenvalue weighted by Gasteiger charge is 2.18. The van der Waals surface area contributed by atoms with Crippen LogP contribution in [0, 0.1) is 5.92 Å². The summed E-state index contributed by atoms with van der Waals surface area (Å²) >= 11 is 0. The Morgan fingerprint density at radius 2 is 2.17 bits per heavy atom. The lowest BCUT2D eigenvalue weighted by molar-refractivity contribution is 0.0888. The number of hydrogen-bond acceptors (Lipinski definition) is 6. The minimum Gasteiger partial charge on any atom is -0.381 e. The number of piperazine rings is 1. The van der Waals surface area contributed by atoms with Crippen molar-refractivity contribution in [1.82, 2.24) is 20.5 Å². The van der Waals surface area contributed by atoms with E-state index in [1.807, 2.05) is 12.3 Å². The molecule has 1 unspecified atom stereocenters. The van der Waals surface area contributed by atoms with Crippen molar-refractivity contribution >= 4 is 11.8 Å². The number of ether oxygens (including phenoxy) is 2. The van der Waals surface area contributed by atoms with Crippen molar-refractivity contribution in [3.63, 3.8) is 0 Å². The molecular weight excluding hydrogens is 380 g/mol. The zero-order chi connectivity index (χ0) is 21.0. The van der Waals surface area contributed by atoms with Crippen molar-refractivity contribution in [1.29, 1.82) is 0 Å². The Hall–Kier alpha value is -1.90. The number of anilines is 1. The first kappa shape index (κ1) is 22.8. The first-order valence-electron chi connectivity index (χ1n) is 11.3. The average Bonchev–Trinajstić information content (AvgIpc) is 3.29. The van der Waals surface area contributed by atoms with Crippen LogP contribution < -0.4 is 15.5 Å². The van der Waals surface area contributed by atoms with E-state index in [9.17, 15) is 0 Å². The maximum Gasteiger partial charge on any atom is 0.191 e. The van der Waals surface area contributed by atoms with Gasteiger partial charge in [-0.3, -0.25) is 0 Å². The third-order valence-electron chi connectivity index (χ3n) is 5.56. The quantitative estimate of drug-likeness (QED) is 0.337. The normalized spacial score (nSPS) is 20.5. The fraction of sp³-hybridized carbons (Fsp3) is 0.727. The third-order valence-corrected chi connectivity index (χ3v) is 5.56. The fourth-order valence-corrected chi connectivity index (χ4v) is 3.71. The fourth-order valence-electron chi connectivity index (χ4n) is 3.71. The van der Waals surface area contributed by atoms with Gasteiger partial charge in [-0.25, -0.2) is 9.98 Å². The summed E-state index contributed by atoms with van der Waals surface area (Å²) in [5.74, 6) is 2.48. The molecule has 3 rings (SSSR count). The van der Waals surface area contributed by atoms with Crippen LogP contribution in [0.1, 0.15) is 25.3 Å². The smallest absolute Gasteiger partial charge is 0.191 e. The van der Waals surface area contributed by atoms with Gasteiger partial charge in [-0.15, -0.1) is 0 Å². The van der Waals surface area contributed by atoms with Gasteiger partial charge < -0.3 is 29.9 Å². The largest absolute Gasteiger partial charge is 0.381 e. The molecule has 1 atom stereocenters. The highest BCUT2D eigenvalue weighted by Crippen LogP contribution is 2.19. The summed E-state index contributed by atoms with van der Waals surface area (Å²) < 4.78 is 11.2. The summed E-state index contributed by atoms with van der Waals surface area (Å²) in [6.07, 6.45) is 3.96. The molecule has 0 spiro atoms. The summed E-state index contributed by atoms with van der Waals surface area (Å²) in [7, 11) is 2.17. The molecule has 2 aliphatic heterocycles. The van der Waals surface area contributed by atoms with Crippen LogP contribution in [-0.4, -0.2) is 88.6 Å². The van der Waals surface area contributed by atoms with Gasteiger partial charge in [0.05, 0.1) is 19.8 Å². The van der Waals surface area contributed by atoms with E-state index in [0.29, 0.717) is 12.5 Å². The number of likely N-dealkylation sites (N-methyl/N-ethyl adjacent to an activating group) is 1. The standard InChI is InChI=1S/C22H38N6O2/c1-3-23-22(25-9-5-14-29-17-19-7-15-30-18-19)26-16-20-6-4-8-24-21(20)28-12-10-27(2)11-13-28/h4,6,8,19H,3,5,7,9-18H2,1-2H3,(H2,23,25,26). The maximum atomic E-state index is 5.78. The number of nitrogens with zero attached hydrogens (tertiary/aromatic N) is 4. The van der Waals surface area contributed by atoms with Gasteiger partial charge in [-0.05, 0) is 32.9 Å². The second-order valence-electron chi connectivity index (χ2n) is 8.06. The number of guanidine groups is 1. The molecule has 2 aliphatic rings. The van der Waals surface area contributed by atoms with Crippen molar-refractivity contribution in [2.75, 3.05) is 77.6 Å². The predicted octanol–water partition coefficient (Wildman–Crippen LogP) is 1.33. The zero-order valence-corrected chi connectivity index (χ0v) is 18.6. The molecule has 2 fully saturated rings. The molecule has 0 saturated carbocycles. The molecule has 30 heavy (non-hydrogen) atoms. The Morgan fingerprint density at radius 3 is 2.93 bits per heavy atom. The summed E-state index contributed by atoms with van der Waals surface area (Å²) in [5.41, 5.74) is 1.17. The molecule has 1 aromatic rings. The zero-order valence-electron chi connectivity index (χ0n) is 18.6. The third kappa shape index (κ3) is 7.41. The van der Waals surface area contributed by atoms with Crippen molar-refractivity contribution < 1.29 is 9.47 Å². The predicted molar refractivity (Wildman–Crippen MR) is 121 cm³/mol. The number of pyridine rings is 1. The topological polar surface area (TPSA) is 74.3 Å². The number of hydrogen-bond donors (Lipinski definition) is 2. The Balaban J connectivity index is 1.44. The van der Waals surface area contributed by atoms with Crippen LogP contribution in [0.3, 0.4) is 0 Å². The monoisotopic (exact) mass is 418 g/mol. The molecule has 0 bridgehead atoms. The molecule has 2 saturated heterocycles. The van der Waals surface area contributed by atoms with Gasteiger partial charge in [0.25, 0.3) is 0 Å². The minimum atomic E-state index is 0.575. The van der Waals surface area contributed by atoms with E-state index in [4.69, 9.17) is 14.5 Å². The Kier molecular flexibility index (Phi) is 9.66. The Bertz CT molecular complexity index is 642. The number of aromatic nitrogens is 1. The summed E-state index contributed by atoms with van der Waals surface area (Å²) in [5, 5.41) is 6.75. The number of aliphatic imine (C=N–C) groups is 1. The van der Waals surface area contributed by atoms with Crippen molar-refractivity contribution in [2.45, 2.75) is 26.3 Å². The van der Waals surface area contributed by atoms with E-state index in [1.165, 1.54) is 5.56 Å². The highest BCUT2D eigenvalue weighted by molar-refractivity contribution is 5.79. The molecule has 168 valence electrons. The lowest BCUT2D eigenvalue weighted by Crippen LogP contribution is -2.45. The summed E-state index contributed by atoms with van der Waals surface area (Å²) in [6, 6.07) is 4.13. The first-order valence-corrected chi connectivity index (χ1v) is 11.3. The van der Waals surface area contributed by atoms with Crippen LogP contribution in [-0.2, 0) is 16.0 Å². The van der Waals surface area contributed by atoms with Gasteiger partial charge in [0.1, 0.15) is 5.82 Å². The highest BCUT2D eigenvalue weighted by atomic mass is 16.5. The summed E-state index contributed by atoms with van der Waals surface area (Å²) in [4.78, 5) is 14.2. The van der Waals surface area contributed by atoms with Gasteiger partial charge in [0, 0.05) is 70.2 Å². The average molecular weight is 419 g/mol.